The van der Waals surface area contributed by atoms with Crippen LogP contribution in [0.25, 0.3) is 28.0 Å². The summed E-state index contributed by atoms with van der Waals surface area (Å²) in [5.41, 5.74) is 9.08. The molecule has 0 aliphatic rings. The van der Waals surface area contributed by atoms with Crippen LogP contribution < -0.4 is 11.1 Å². The van der Waals surface area contributed by atoms with Gasteiger partial charge in [0.15, 0.2) is 0 Å². The van der Waals surface area contributed by atoms with Gasteiger partial charge in [-0.2, -0.15) is 18.2 Å². The normalized spacial score (nSPS) is 12.6. The first-order valence-corrected chi connectivity index (χ1v) is 10.7. The lowest BCUT2D eigenvalue weighted by molar-refractivity contribution is -0.137. The zero-order valence-corrected chi connectivity index (χ0v) is 18.5. The number of benzene rings is 2. The van der Waals surface area contributed by atoms with Gasteiger partial charge in [0.05, 0.1) is 22.6 Å². The first-order chi connectivity index (χ1) is 16.8. The van der Waals surface area contributed by atoms with Gasteiger partial charge in [0.1, 0.15) is 18.0 Å². The summed E-state index contributed by atoms with van der Waals surface area (Å²) in [7, 11) is 0. The van der Waals surface area contributed by atoms with E-state index in [-0.39, 0.29) is 5.95 Å². The number of nitrogens with zero attached hydrogens (tertiary/aromatic N) is 5. The zero-order chi connectivity index (χ0) is 24.6. The Hall–Kier alpha value is -4.47. The number of aromatic nitrogens is 5. The van der Waals surface area contributed by atoms with E-state index in [0.717, 1.165) is 34.3 Å². The zero-order valence-electron chi connectivity index (χ0n) is 18.5. The molecule has 7 nitrogen and oxygen atoms in total. The van der Waals surface area contributed by atoms with Crippen LogP contribution in [0.3, 0.4) is 0 Å². The third-order valence-electron chi connectivity index (χ3n) is 5.61. The number of imidazole rings is 1. The Morgan fingerprint density at radius 2 is 1.71 bits per heavy atom. The standard InChI is InChI=1S/C25H20F3N7/c1-15(16-3-2-4-19(11-16)25(26,27)28)33-24-31-10-8-23(34-24)35-14-32-20-12-17(5-6-21(20)35)18-7-9-30-22(29)13-18/h2-15H,1H3,(H2,29,30)(H,31,33,34)/t15-/m0/s1. The Morgan fingerprint density at radius 1 is 0.914 bits per heavy atom. The number of nitrogen functional groups attached to an aromatic ring is 1. The molecule has 0 radical (unpaired) electrons. The van der Waals surface area contributed by atoms with Crippen LogP contribution in [0, 0.1) is 0 Å². The number of nitrogens with two attached hydrogens (primary N) is 1. The number of nitrogens with one attached hydrogen (secondary N) is 1. The SMILES string of the molecule is C[C@H](Nc1nccc(-n2cnc3cc(-c4ccnc(N)c4)ccc32)n1)c1cccc(C(F)(F)F)c1. The van der Waals surface area contributed by atoms with Crippen molar-refractivity contribution in [3.63, 3.8) is 0 Å². The van der Waals surface area contributed by atoms with Crippen LogP contribution >= 0.6 is 0 Å². The molecule has 35 heavy (non-hydrogen) atoms. The summed E-state index contributed by atoms with van der Waals surface area (Å²) in [6.45, 7) is 1.76. The van der Waals surface area contributed by atoms with Crippen molar-refractivity contribution in [2.45, 2.75) is 19.1 Å². The minimum atomic E-state index is -4.40. The van der Waals surface area contributed by atoms with Crippen molar-refractivity contribution in [2.75, 3.05) is 11.1 Å². The van der Waals surface area contributed by atoms with Gasteiger partial charge in [-0.1, -0.05) is 18.2 Å². The monoisotopic (exact) mass is 475 g/mol. The van der Waals surface area contributed by atoms with Crippen LogP contribution in [0.4, 0.5) is 24.9 Å². The van der Waals surface area contributed by atoms with Crippen molar-refractivity contribution in [3.8, 4) is 16.9 Å². The molecule has 1 atom stereocenters. The maximum Gasteiger partial charge on any atom is 0.416 e. The number of pyridine rings is 1. The van der Waals surface area contributed by atoms with Crippen LogP contribution in [0.15, 0.2) is 79.4 Å². The Balaban J connectivity index is 1.41. The molecular weight excluding hydrogens is 455 g/mol. The van der Waals surface area contributed by atoms with E-state index in [1.54, 1.807) is 43.8 Å². The summed E-state index contributed by atoms with van der Waals surface area (Å²) in [4.78, 5) is 17.3. The van der Waals surface area contributed by atoms with Crippen molar-refractivity contribution in [2.24, 2.45) is 0 Å². The summed E-state index contributed by atoms with van der Waals surface area (Å²) < 4.78 is 41.0. The van der Waals surface area contributed by atoms with Crippen molar-refractivity contribution >= 4 is 22.8 Å². The van der Waals surface area contributed by atoms with Crippen LogP contribution in [-0.4, -0.2) is 24.5 Å². The Labute approximate surface area is 198 Å². The molecule has 176 valence electrons. The quantitative estimate of drug-likeness (QED) is 0.341. The van der Waals surface area contributed by atoms with Gasteiger partial charge in [-0.3, -0.25) is 4.57 Å². The highest BCUT2D eigenvalue weighted by Gasteiger charge is 2.30. The average molecular weight is 475 g/mol. The minimum Gasteiger partial charge on any atom is -0.384 e. The second kappa shape index (κ2) is 8.71. The lowest BCUT2D eigenvalue weighted by Gasteiger charge is -2.16. The van der Waals surface area contributed by atoms with E-state index in [0.29, 0.717) is 17.2 Å². The van der Waals surface area contributed by atoms with E-state index in [9.17, 15) is 13.2 Å². The molecule has 0 fully saturated rings. The molecule has 2 aromatic carbocycles. The summed E-state index contributed by atoms with van der Waals surface area (Å²) in [6, 6.07) is 16.0. The number of anilines is 2. The number of hydrogen-bond donors (Lipinski definition) is 2. The van der Waals surface area contributed by atoms with Gasteiger partial charge in [-0.25, -0.2) is 15.0 Å². The molecule has 0 spiro atoms. The van der Waals surface area contributed by atoms with Gasteiger partial charge < -0.3 is 11.1 Å². The Kier molecular flexibility index (Phi) is 5.56. The first kappa shape index (κ1) is 22.3. The molecule has 0 amide bonds. The fraction of sp³-hybridized carbons (Fsp3) is 0.120. The largest absolute Gasteiger partial charge is 0.416 e. The number of hydrogen-bond acceptors (Lipinski definition) is 6. The number of halogens is 3. The second-order valence-electron chi connectivity index (χ2n) is 8.02. The van der Waals surface area contributed by atoms with Crippen LogP contribution in [-0.2, 0) is 6.18 Å². The van der Waals surface area contributed by atoms with Gasteiger partial charge in [0, 0.05) is 12.4 Å². The summed E-state index contributed by atoms with van der Waals surface area (Å²) in [5.74, 6) is 1.30. The molecule has 10 heteroatoms. The van der Waals surface area contributed by atoms with E-state index in [1.165, 1.54) is 6.07 Å². The molecule has 0 aliphatic carbocycles. The maximum absolute atomic E-state index is 13.1. The molecule has 5 rings (SSSR count). The molecule has 0 bridgehead atoms. The molecule has 3 aromatic heterocycles. The van der Waals surface area contributed by atoms with Gasteiger partial charge >= 0.3 is 6.18 Å². The molecule has 3 heterocycles. The number of alkyl halides is 3. The van der Waals surface area contributed by atoms with Gasteiger partial charge in [0.2, 0.25) is 5.95 Å². The lowest BCUT2D eigenvalue weighted by Crippen LogP contribution is -2.12. The van der Waals surface area contributed by atoms with Crippen molar-refractivity contribution in [1.29, 1.82) is 0 Å². The van der Waals surface area contributed by atoms with E-state index >= 15 is 0 Å². The highest BCUT2D eigenvalue weighted by molar-refractivity contribution is 5.83. The minimum absolute atomic E-state index is 0.290. The molecule has 0 saturated carbocycles. The Bertz CT molecular complexity index is 1510. The predicted octanol–water partition coefficient (Wildman–Crippen LogP) is 5.65. The van der Waals surface area contributed by atoms with Crippen LogP contribution in [0.5, 0.6) is 0 Å². The maximum atomic E-state index is 13.1. The lowest BCUT2D eigenvalue weighted by atomic mass is 10.1. The van der Waals surface area contributed by atoms with Crippen molar-refractivity contribution in [1.82, 2.24) is 24.5 Å². The first-order valence-electron chi connectivity index (χ1n) is 10.7. The highest BCUT2D eigenvalue weighted by Crippen LogP contribution is 2.31. The summed E-state index contributed by atoms with van der Waals surface area (Å²) >= 11 is 0. The predicted molar refractivity (Wildman–Crippen MR) is 128 cm³/mol. The molecule has 0 unspecified atom stereocenters. The second-order valence-corrected chi connectivity index (χ2v) is 8.02. The van der Waals surface area contributed by atoms with E-state index < -0.39 is 17.8 Å². The molecule has 0 aliphatic heterocycles. The van der Waals surface area contributed by atoms with Crippen molar-refractivity contribution in [3.05, 3.63) is 90.5 Å². The van der Waals surface area contributed by atoms with Crippen LogP contribution in [0.1, 0.15) is 24.1 Å². The van der Waals surface area contributed by atoms with Gasteiger partial charge in [0.25, 0.3) is 0 Å². The summed E-state index contributed by atoms with van der Waals surface area (Å²) in [6.07, 6.45) is 0.503. The smallest absolute Gasteiger partial charge is 0.384 e. The number of fused-ring (bicyclic) bond motifs is 1. The molecular formula is C25H20F3N7. The summed E-state index contributed by atoms with van der Waals surface area (Å²) in [5, 5.41) is 3.08. The van der Waals surface area contributed by atoms with Gasteiger partial charge in [-0.05, 0) is 66.1 Å². The van der Waals surface area contributed by atoms with E-state index in [1.807, 2.05) is 28.8 Å². The third kappa shape index (κ3) is 4.63. The fourth-order valence-corrected chi connectivity index (χ4v) is 3.82. The Morgan fingerprint density at radius 3 is 2.51 bits per heavy atom. The fourth-order valence-electron chi connectivity index (χ4n) is 3.82. The topological polar surface area (TPSA) is 94.5 Å². The van der Waals surface area contributed by atoms with E-state index in [2.05, 4.69) is 25.3 Å². The molecule has 5 aromatic rings. The van der Waals surface area contributed by atoms with Crippen LogP contribution in [0.2, 0.25) is 0 Å². The van der Waals surface area contributed by atoms with Crippen molar-refractivity contribution < 1.29 is 13.2 Å². The average Bonchev–Trinajstić information content (AvgIpc) is 3.27. The highest BCUT2D eigenvalue weighted by atomic mass is 19.4. The molecule has 3 N–H and O–H groups in total. The third-order valence-corrected chi connectivity index (χ3v) is 5.61. The van der Waals surface area contributed by atoms with E-state index in [4.69, 9.17) is 5.73 Å². The molecule has 0 saturated heterocycles. The number of rotatable bonds is 5. The van der Waals surface area contributed by atoms with Gasteiger partial charge in [-0.15, -0.1) is 0 Å².